The zero-order chi connectivity index (χ0) is 18.6. The SMILES string of the molecule is CNS(=O)(=O)CCNC(=O)N1CCCC1c1nc(-c2ccncc2)no1. The average Bonchev–Trinajstić information content (AvgIpc) is 3.31. The van der Waals surface area contributed by atoms with Crippen LogP contribution in [0.2, 0.25) is 0 Å². The molecule has 1 atom stereocenters. The Kier molecular flexibility index (Phi) is 5.47. The van der Waals surface area contributed by atoms with Gasteiger partial charge in [0.05, 0.1) is 5.75 Å². The number of hydrogen-bond acceptors (Lipinski definition) is 7. The minimum absolute atomic E-state index is 0.0251. The van der Waals surface area contributed by atoms with Crippen LogP contribution in [-0.4, -0.2) is 60.4 Å². The van der Waals surface area contributed by atoms with Crippen LogP contribution in [0.1, 0.15) is 24.8 Å². The van der Waals surface area contributed by atoms with E-state index in [0.29, 0.717) is 24.7 Å². The molecule has 0 radical (unpaired) electrons. The lowest BCUT2D eigenvalue weighted by molar-refractivity contribution is 0.181. The first-order valence-electron chi connectivity index (χ1n) is 8.20. The topological polar surface area (TPSA) is 130 Å². The van der Waals surface area contributed by atoms with Gasteiger partial charge in [-0.2, -0.15) is 4.98 Å². The summed E-state index contributed by atoms with van der Waals surface area (Å²) in [6.45, 7) is 0.569. The molecule has 0 spiro atoms. The maximum Gasteiger partial charge on any atom is 0.318 e. The molecule has 0 aromatic carbocycles. The Morgan fingerprint density at radius 1 is 1.38 bits per heavy atom. The zero-order valence-corrected chi connectivity index (χ0v) is 15.1. The molecule has 2 amide bonds. The summed E-state index contributed by atoms with van der Waals surface area (Å²) in [5.74, 6) is 0.627. The van der Waals surface area contributed by atoms with Gasteiger partial charge in [0.2, 0.25) is 21.7 Å². The number of likely N-dealkylation sites (tertiary alicyclic amines) is 1. The molecule has 1 unspecified atom stereocenters. The van der Waals surface area contributed by atoms with Crippen molar-refractivity contribution < 1.29 is 17.7 Å². The fourth-order valence-electron chi connectivity index (χ4n) is 2.75. The molecule has 140 valence electrons. The van der Waals surface area contributed by atoms with Gasteiger partial charge >= 0.3 is 6.03 Å². The summed E-state index contributed by atoms with van der Waals surface area (Å²) >= 11 is 0. The van der Waals surface area contributed by atoms with Crippen LogP contribution in [0.4, 0.5) is 4.79 Å². The number of hydrogen-bond donors (Lipinski definition) is 2. The number of rotatable bonds is 6. The molecule has 1 fully saturated rings. The first kappa shape index (κ1) is 18.3. The summed E-state index contributed by atoms with van der Waals surface area (Å²) in [5.41, 5.74) is 0.779. The Hall–Kier alpha value is -2.53. The molecule has 1 aliphatic rings. The van der Waals surface area contributed by atoms with Crippen molar-refractivity contribution in [2.75, 3.05) is 25.9 Å². The summed E-state index contributed by atoms with van der Waals surface area (Å²) in [7, 11) is -2.02. The summed E-state index contributed by atoms with van der Waals surface area (Å²) < 4.78 is 30.4. The van der Waals surface area contributed by atoms with E-state index < -0.39 is 10.0 Å². The van der Waals surface area contributed by atoms with Gasteiger partial charge in [-0.15, -0.1) is 0 Å². The smallest absolute Gasteiger partial charge is 0.318 e. The van der Waals surface area contributed by atoms with Gasteiger partial charge in [0.1, 0.15) is 6.04 Å². The number of carbonyl (C=O) groups excluding carboxylic acids is 1. The lowest BCUT2D eigenvalue weighted by Gasteiger charge is -2.22. The Labute approximate surface area is 151 Å². The highest BCUT2D eigenvalue weighted by atomic mass is 32.2. The van der Waals surface area contributed by atoms with Gasteiger partial charge in [-0.25, -0.2) is 17.9 Å². The van der Waals surface area contributed by atoms with Gasteiger partial charge in [0.25, 0.3) is 0 Å². The van der Waals surface area contributed by atoms with Gasteiger partial charge < -0.3 is 14.7 Å². The minimum Gasteiger partial charge on any atom is -0.337 e. The van der Waals surface area contributed by atoms with E-state index in [1.165, 1.54) is 7.05 Å². The van der Waals surface area contributed by atoms with Crippen molar-refractivity contribution in [3.05, 3.63) is 30.4 Å². The van der Waals surface area contributed by atoms with E-state index in [9.17, 15) is 13.2 Å². The Bertz CT molecular complexity index is 854. The van der Waals surface area contributed by atoms with Crippen LogP contribution >= 0.6 is 0 Å². The van der Waals surface area contributed by atoms with E-state index in [1.807, 2.05) is 0 Å². The molecule has 2 aromatic rings. The molecule has 1 saturated heterocycles. The number of amides is 2. The second-order valence-electron chi connectivity index (χ2n) is 5.80. The molecule has 26 heavy (non-hydrogen) atoms. The van der Waals surface area contributed by atoms with Gasteiger partial charge in [-0.3, -0.25) is 4.98 Å². The predicted molar refractivity (Wildman–Crippen MR) is 92.5 cm³/mol. The van der Waals surface area contributed by atoms with E-state index in [-0.39, 0.29) is 24.4 Å². The highest BCUT2D eigenvalue weighted by Crippen LogP contribution is 2.31. The van der Waals surface area contributed by atoms with Crippen LogP contribution in [0.15, 0.2) is 29.0 Å². The molecule has 10 nitrogen and oxygen atoms in total. The third-order valence-electron chi connectivity index (χ3n) is 4.14. The molecule has 1 aliphatic heterocycles. The Balaban J connectivity index is 1.65. The third kappa shape index (κ3) is 4.17. The van der Waals surface area contributed by atoms with E-state index in [2.05, 4.69) is 25.2 Å². The molecular weight excluding hydrogens is 360 g/mol. The largest absolute Gasteiger partial charge is 0.337 e. The van der Waals surface area contributed by atoms with Crippen molar-refractivity contribution in [3.63, 3.8) is 0 Å². The first-order chi connectivity index (χ1) is 12.5. The number of nitrogens with one attached hydrogen (secondary N) is 2. The molecule has 2 aromatic heterocycles. The highest BCUT2D eigenvalue weighted by Gasteiger charge is 2.34. The molecule has 3 rings (SSSR count). The number of aromatic nitrogens is 3. The van der Waals surface area contributed by atoms with Crippen molar-refractivity contribution in [1.82, 2.24) is 30.1 Å². The lowest BCUT2D eigenvalue weighted by atomic mass is 10.2. The van der Waals surface area contributed by atoms with Crippen molar-refractivity contribution in [3.8, 4) is 11.4 Å². The molecule has 11 heteroatoms. The number of carbonyl (C=O) groups is 1. The van der Waals surface area contributed by atoms with Crippen molar-refractivity contribution in [1.29, 1.82) is 0 Å². The van der Waals surface area contributed by atoms with Crippen LogP contribution in [0.25, 0.3) is 11.4 Å². The maximum atomic E-state index is 12.4. The van der Waals surface area contributed by atoms with Gasteiger partial charge in [0.15, 0.2) is 0 Å². The summed E-state index contributed by atoms with van der Waals surface area (Å²) in [4.78, 5) is 22.3. The summed E-state index contributed by atoms with van der Waals surface area (Å²) in [6.07, 6.45) is 4.79. The molecule has 0 aliphatic carbocycles. The molecule has 0 bridgehead atoms. The number of sulfonamides is 1. The second kappa shape index (κ2) is 7.79. The maximum absolute atomic E-state index is 12.4. The quantitative estimate of drug-likeness (QED) is 0.747. The monoisotopic (exact) mass is 380 g/mol. The van der Waals surface area contributed by atoms with Crippen LogP contribution in [0.3, 0.4) is 0 Å². The minimum atomic E-state index is -3.36. The second-order valence-corrected chi connectivity index (χ2v) is 7.84. The van der Waals surface area contributed by atoms with Crippen LogP contribution in [0, 0.1) is 0 Å². The van der Waals surface area contributed by atoms with Gasteiger partial charge in [0, 0.05) is 31.0 Å². The summed E-state index contributed by atoms with van der Waals surface area (Å²) in [5, 5.41) is 6.59. The van der Waals surface area contributed by atoms with E-state index in [4.69, 9.17) is 4.52 Å². The predicted octanol–water partition coefficient (Wildman–Crippen LogP) is 0.527. The fraction of sp³-hybridized carbons (Fsp3) is 0.467. The van der Waals surface area contributed by atoms with Crippen LogP contribution in [-0.2, 0) is 10.0 Å². The van der Waals surface area contributed by atoms with Crippen LogP contribution < -0.4 is 10.0 Å². The molecule has 3 heterocycles. The number of pyridine rings is 1. The number of urea groups is 1. The number of nitrogens with zero attached hydrogens (tertiary/aromatic N) is 4. The van der Waals surface area contributed by atoms with E-state index in [1.54, 1.807) is 29.4 Å². The molecular formula is C15H20N6O4S. The van der Waals surface area contributed by atoms with Crippen molar-refractivity contribution >= 4 is 16.1 Å². The normalized spacial score (nSPS) is 17.4. The lowest BCUT2D eigenvalue weighted by Crippen LogP contribution is -2.42. The van der Waals surface area contributed by atoms with Crippen molar-refractivity contribution in [2.45, 2.75) is 18.9 Å². The van der Waals surface area contributed by atoms with E-state index >= 15 is 0 Å². The van der Waals surface area contributed by atoms with Gasteiger partial charge in [-0.05, 0) is 32.0 Å². The molecule has 0 saturated carbocycles. The van der Waals surface area contributed by atoms with Crippen LogP contribution in [0.5, 0.6) is 0 Å². The van der Waals surface area contributed by atoms with Crippen molar-refractivity contribution in [2.24, 2.45) is 0 Å². The highest BCUT2D eigenvalue weighted by molar-refractivity contribution is 7.89. The zero-order valence-electron chi connectivity index (χ0n) is 14.3. The molecule has 2 N–H and O–H groups in total. The van der Waals surface area contributed by atoms with E-state index in [0.717, 1.165) is 12.0 Å². The first-order valence-corrected chi connectivity index (χ1v) is 9.85. The standard InChI is InChI=1S/C15H20N6O4S/c1-16-26(23,24)10-8-18-15(22)21-9-2-3-12(21)14-19-13(20-25-14)11-4-6-17-7-5-11/h4-7,12,16H,2-3,8-10H2,1H3,(H,18,22). The average molecular weight is 380 g/mol. The fourth-order valence-corrected chi connectivity index (χ4v) is 3.33. The Morgan fingerprint density at radius 3 is 2.88 bits per heavy atom. The third-order valence-corrected chi connectivity index (χ3v) is 5.50. The summed E-state index contributed by atoms with van der Waals surface area (Å²) in [6, 6.07) is 2.88. The Morgan fingerprint density at radius 2 is 2.15 bits per heavy atom. The van der Waals surface area contributed by atoms with Gasteiger partial charge in [-0.1, -0.05) is 5.16 Å².